The number of rotatable bonds is 7. The average Bonchev–Trinajstić information content (AvgIpc) is 2.81. The molecule has 0 spiro atoms. The number of aliphatic carboxylic acids is 1. The van der Waals surface area contributed by atoms with E-state index in [4.69, 9.17) is 10.8 Å². The molecular weight excluding hydrogens is 272 g/mol. The Hall–Kier alpha value is -2.03. The number of hydrogen-bond acceptors (Lipinski definition) is 6. The van der Waals surface area contributed by atoms with Gasteiger partial charge in [0.25, 0.3) is 5.91 Å². The molecule has 1 atom stereocenters. The molecule has 0 aliphatic rings. The SMILES string of the molecule is CCc1nnsc1C(=O)N[C@H](CCC(N)=O)C(=O)O. The lowest BCUT2D eigenvalue weighted by atomic mass is 10.1. The number of nitrogens with one attached hydrogen (secondary N) is 1. The summed E-state index contributed by atoms with van der Waals surface area (Å²) in [5, 5.41) is 15.1. The summed E-state index contributed by atoms with van der Waals surface area (Å²) < 4.78 is 3.65. The number of carboxylic acids is 1. The molecule has 4 N–H and O–H groups in total. The first kappa shape index (κ1) is 15.0. The van der Waals surface area contributed by atoms with Crippen LogP contribution in [0.5, 0.6) is 0 Å². The van der Waals surface area contributed by atoms with Crippen LogP contribution in [-0.2, 0) is 16.0 Å². The fourth-order valence-electron chi connectivity index (χ4n) is 1.38. The Bertz CT molecular complexity index is 488. The van der Waals surface area contributed by atoms with E-state index in [9.17, 15) is 14.4 Å². The lowest BCUT2D eigenvalue weighted by Crippen LogP contribution is -2.41. The summed E-state index contributed by atoms with van der Waals surface area (Å²) in [5.74, 6) is -2.39. The quantitative estimate of drug-likeness (QED) is 0.621. The molecule has 0 aliphatic heterocycles. The number of amides is 2. The minimum Gasteiger partial charge on any atom is -0.480 e. The van der Waals surface area contributed by atoms with E-state index in [-0.39, 0.29) is 17.7 Å². The molecule has 8 nitrogen and oxygen atoms in total. The van der Waals surface area contributed by atoms with Crippen molar-refractivity contribution in [1.29, 1.82) is 0 Å². The van der Waals surface area contributed by atoms with Gasteiger partial charge in [-0.05, 0) is 24.4 Å². The molecule has 1 aromatic heterocycles. The number of nitrogens with zero attached hydrogens (tertiary/aromatic N) is 2. The van der Waals surface area contributed by atoms with Gasteiger partial charge in [0.1, 0.15) is 10.9 Å². The highest BCUT2D eigenvalue weighted by atomic mass is 32.1. The summed E-state index contributed by atoms with van der Waals surface area (Å²) in [6.07, 6.45) is 0.362. The molecule has 0 bridgehead atoms. The van der Waals surface area contributed by atoms with Crippen LogP contribution in [0.25, 0.3) is 0 Å². The van der Waals surface area contributed by atoms with Crippen molar-refractivity contribution in [2.75, 3.05) is 0 Å². The van der Waals surface area contributed by atoms with Crippen molar-refractivity contribution in [3.63, 3.8) is 0 Å². The zero-order chi connectivity index (χ0) is 14.4. The average molecular weight is 286 g/mol. The molecule has 19 heavy (non-hydrogen) atoms. The van der Waals surface area contributed by atoms with Crippen molar-refractivity contribution in [2.24, 2.45) is 5.73 Å². The van der Waals surface area contributed by atoms with Crippen LogP contribution < -0.4 is 11.1 Å². The molecule has 0 saturated carbocycles. The molecule has 2 amide bonds. The maximum absolute atomic E-state index is 11.9. The number of carbonyl (C=O) groups excluding carboxylic acids is 2. The largest absolute Gasteiger partial charge is 0.480 e. The molecule has 0 radical (unpaired) electrons. The highest BCUT2D eigenvalue weighted by Gasteiger charge is 2.23. The van der Waals surface area contributed by atoms with Gasteiger partial charge in [-0.2, -0.15) is 0 Å². The van der Waals surface area contributed by atoms with E-state index in [0.717, 1.165) is 11.5 Å². The lowest BCUT2D eigenvalue weighted by Gasteiger charge is -2.12. The van der Waals surface area contributed by atoms with Crippen LogP contribution in [-0.4, -0.2) is 38.5 Å². The summed E-state index contributed by atoms with van der Waals surface area (Å²) in [4.78, 5) is 33.8. The Kier molecular flexibility index (Phi) is 5.37. The van der Waals surface area contributed by atoms with E-state index in [1.54, 1.807) is 0 Å². The highest BCUT2D eigenvalue weighted by Crippen LogP contribution is 2.11. The first-order valence-corrected chi connectivity index (χ1v) is 6.36. The van der Waals surface area contributed by atoms with Crippen LogP contribution in [0.4, 0.5) is 0 Å². The number of hydrogen-bond donors (Lipinski definition) is 3. The van der Waals surface area contributed by atoms with Gasteiger partial charge in [-0.25, -0.2) is 4.79 Å². The molecule has 0 unspecified atom stereocenters. The van der Waals surface area contributed by atoms with Crippen LogP contribution in [0.15, 0.2) is 0 Å². The molecule has 104 valence electrons. The van der Waals surface area contributed by atoms with E-state index in [1.807, 2.05) is 6.92 Å². The number of aromatic nitrogens is 2. The monoisotopic (exact) mass is 286 g/mol. The fourth-order valence-corrected chi connectivity index (χ4v) is 2.03. The number of carbonyl (C=O) groups is 3. The van der Waals surface area contributed by atoms with Gasteiger partial charge in [0, 0.05) is 6.42 Å². The number of aryl methyl sites for hydroxylation is 1. The van der Waals surface area contributed by atoms with E-state index < -0.39 is 23.8 Å². The Morgan fingerprint density at radius 2 is 2.16 bits per heavy atom. The second-order valence-electron chi connectivity index (χ2n) is 3.77. The van der Waals surface area contributed by atoms with Crippen molar-refractivity contribution in [3.8, 4) is 0 Å². The van der Waals surface area contributed by atoms with E-state index in [0.29, 0.717) is 12.1 Å². The molecule has 1 rings (SSSR count). The molecule has 1 heterocycles. The highest BCUT2D eigenvalue weighted by molar-refractivity contribution is 7.08. The van der Waals surface area contributed by atoms with Crippen LogP contribution in [0, 0.1) is 0 Å². The molecule has 1 aromatic rings. The second kappa shape index (κ2) is 6.78. The van der Waals surface area contributed by atoms with Crippen molar-refractivity contribution in [2.45, 2.75) is 32.2 Å². The summed E-state index contributed by atoms with van der Waals surface area (Å²) in [5.41, 5.74) is 5.46. The summed E-state index contributed by atoms with van der Waals surface area (Å²) in [6, 6.07) is -1.16. The fraction of sp³-hybridized carbons (Fsp3) is 0.500. The van der Waals surface area contributed by atoms with E-state index in [2.05, 4.69) is 14.9 Å². The minimum atomic E-state index is -1.22. The molecule has 9 heteroatoms. The van der Waals surface area contributed by atoms with Gasteiger partial charge in [0.2, 0.25) is 5.91 Å². The summed E-state index contributed by atoms with van der Waals surface area (Å²) in [6.45, 7) is 1.81. The van der Waals surface area contributed by atoms with Crippen LogP contribution in [0.3, 0.4) is 0 Å². The zero-order valence-corrected chi connectivity index (χ0v) is 11.1. The number of nitrogens with two attached hydrogens (primary N) is 1. The lowest BCUT2D eigenvalue weighted by molar-refractivity contribution is -0.139. The van der Waals surface area contributed by atoms with Crippen molar-refractivity contribution in [1.82, 2.24) is 14.9 Å². The Balaban J connectivity index is 2.71. The molecule has 0 fully saturated rings. The van der Waals surface area contributed by atoms with Gasteiger partial charge in [-0.3, -0.25) is 9.59 Å². The van der Waals surface area contributed by atoms with Gasteiger partial charge >= 0.3 is 5.97 Å². The topological polar surface area (TPSA) is 135 Å². The maximum atomic E-state index is 11.9. The first-order chi connectivity index (χ1) is 8.95. The van der Waals surface area contributed by atoms with Crippen LogP contribution >= 0.6 is 11.5 Å². The molecular formula is C10H14N4O4S. The van der Waals surface area contributed by atoms with Gasteiger partial charge in [-0.1, -0.05) is 11.4 Å². The Morgan fingerprint density at radius 3 is 2.68 bits per heavy atom. The minimum absolute atomic E-state index is 0.0515. The van der Waals surface area contributed by atoms with Crippen LogP contribution in [0.1, 0.15) is 35.1 Å². The summed E-state index contributed by atoms with van der Waals surface area (Å²) >= 11 is 0.903. The Morgan fingerprint density at radius 1 is 1.47 bits per heavy atom. The normalized spacial score (nSPS) is 11.8. The molecule has 0 aromatic carbocycles. The Labute approximate surface area is 113 Å². The molecule has 0 aliphatic carbocycles. The number of carboxylic acid groups (broad SMARTS) is 1. The van der Waals surface area contributed by atoms with Gasteiger partial charge in [-0.15, -0.1) is 5.10 Å². The first-order valence-electron chi connectivity index (χ1n) is 5.58. The van der Waals surface area contributed by atoms with Crippen molar-refractivity contribution >= 4 is 29.3 Å². The maximum Gasteiger partial charge on any atom is 0.326 e. The van der Waals surface area contributed by atoms with Gasteiger partial charge < -0.3 is 16.2 Å². The second-order valence-corrected chi connectivity index (χ2v) is 4.53. The van der Waals surface area contributed by atoms with Crippen LogP contribution in [0.2, 0.25) is 0 Å². The van der Waals surface area contributed by atoms with Crippen molar-refractivity contribution < 1.29 is 19.5 Å². The van der Waals surface area contributed by atoms with Crippen molar-refractivity contribution in [3.05, 3.63) is 10.6 Å². The predicted molar refractivity (Wildman–Crippen MR) is 66.6 cm³/mol. The van der Waals surface area contributed by atoms with E-state index in [1.165, 1.54) is 0 Å². The standard InChI is InChI=1S/C10H14N4O4S/c1-2-5-8(19-14-13-5)9(16)12-6(10(17)18)3-4-7(11)15/h6H,2-4H2,1H3,(H2,11,15)(H,12,16)(H,17,18)/t6-/m1/s1. The predicted octanol–water partition coefficient (Wildman–Crippen LogP) is -0.451. The third kappa shape index (κ3) is 4.28. The van der Waals surface area contributed by atoms with Gasteiger partial charge in [0.15, 0.2) is 0 Å². The van der Waals surface area contributed by atoms with Gasteiger partial charge in [0.05, 0.1) is 5.69 Å². The third-order valence-electron chi connectivity index (χ3n) is 2.38. The summed E-state index contributed by atoms with van der Waals surface area (Å²) in [7, 11) is 0. The van der Waals surface area contributed by atoms with E-state index >= 15 is 0 Å². The zero-order valence-electron chi connectivity index (χ0n) is 10.3. The third-order valence-corrected chi connectivity index (χ3v) is 3.15. The molecule has 0 saturated heterocycles. The number of primary amides is 1. The smallest absolute Gasteiger partial charge is 0.326 e.